The van der Waals surface area contributed by atoms with E-state index in [9.17, 15) is 0 Å². The highest BCUT2D eigenvalue weighted by molar-refractivity contribution is 4.57. The van der Waals surface area contributed by atoms with Gasteiger partial charge in [-0.15, -0.1) is 0 Å². The third kappa shape index (κ3) is 5.15. The Labute approximate surface area is 67.6 Å². The Kier molecular flexibility index (Phi) is 6.45. The Balaban J connectivity index is 3.51. The summed E-state index contributed by atoms with van der Waals surface area (Å²) >= 11 is 0. The highest BCUT2D eigenvalue weighted by Gasteiger charge is 2.07. The third-order valence-electron chi connectivity index (χ3n) is 1.57. The molecule has 4 heteroatoms. The zero-order chi connectivity index (χ0) is 8.69. The van der Waals surface area contributed by atoms with E-state index in [1.54, 1.807) is 11.8 Å². The number of hydrogen-bond acceptors (Lipinski definition) is 4. The monoisotopic (exact) mass is 162 g/mol. The quantitative estimate of drug-likeness (QED) is 0.437. The van der Waals surface area contributed by atoms with Gasteiger partial charge in [-0.1, -0.05) is 0 Å². The summed E-state index contributed by atoms with van der Waals surface area (Å²) in [6.07, 6.45) is 0.360. The van der Waals surface area contributed by atoms with Gasteiger partial charge in [-0.05, 0) is 19.9 Å². The first-order chi connectivity index (χ1) is 5.22. The van der Waals surface area contributed by atoms with Crippen molar-refractivity contribution < 1.29 is 10.2 Å². The van der Waals surface area contributed by atoms with Crippen LogP contribution < -0.4 is 5.73 Å². The van der Waals surface area contributed by atoms with E-state index in [2.05, 4.69) is 0 Å². The number of nitrogens with two attached hydrogens (primary N) is 1. The molecule has 0 aromatic heterocycles. The van der Waals surface area contributed by atoms with E-state index in [1.165, 1.54) is 0 Å². The lowest BCUT2D eigenvalue weighted by Gasteiger charge is -2.23. The first kappa shape index (κ1) is 10.8. The minimum atomic E-state index is -0.492. The maximum atomic E-state index is 9.14. The maximum absolute atomic E-state index is 9.14. The molecule has 0 amide bonds. The van der Waals surface area contributed by atoms with Gasteiger partial charge in [0.1, 0.15) is 6.23 Å². The molecule has 0 rings (SSSR count). The van der Waals surface area contributed by atoms with Crippen molar-refractivity contribution in [2.45, 2.75) is 19.6 Å². The molecule has 1 unspecified atom stereocenters. The Bertz CT molecular complexity index is 88.5. The highest BCUT2D eigenvalue weighted by Crippen LogP contribution is 1.95. The minimum Gasteiger partial charge on any atom is -0.395 e. The Morgan fingerprint density at radius 1 is 1.45 bits per heavy atom. The average molecular weight is 162 g/mol. The zero-order valence-corrected chi connectivity index (χ0v) is 7.03. The summed E-state index contributed by atoms with van der Waals surface area (Å²) in [5.74, 6) is 0. The predicted octanol–water partition coefficient (Wildman–Crippen LogP) is -1.03. The molecule has 0 aromatic rings. The number of aliphatic hydroxyl groups excluding tert-OH is 2. The van der Waals surface area contributed by atoms with Crippen molar-refractivity contribution in [1.82, 2.24) is 4.90 Å². The Hall–Kier alpha value is -0.160. The normalized spacial score (nSPS) is 13.9. The van der Waals surface area contributed by atoms with Crippen LogP contribution in [-0.2, 0) is 0 Å². The molecule has 4 nitrogen and oxygen atoms in total. The first-order valence-electron chi connectivity index (χ1n) is 3.95. The molecule has 0 fully saturated rings. The minimum absolute atomic E-state index is 0.0788. The summed E-state index contributed by atoms with van der Waals surface area (Å²) in [5.41, 5.74) is 5.30. The van der Waals surface area contributed by atoms with Crippen LogP contribution in [0.2, 0.25) is 0 Å². The average Bonchev–Trinajstić information content (AvgIpc) is 1.97. The number of hydrogen-bond donors (Lipinski definition) is 3. The zero-order valence-electron chi connectivity index (χ0n) is 7.03. The molecule has 0 saturated carbocycles. The molecule has 68 valence electrons. The molecule has 0 aromatic carbocycles. The summed E-state index contributed by atoms with van der Waals surface area (Å²) in [6.45, 7) is 3.64. The fourth-order valence-corrected chi connectivity index (χ4v) is 0.908. The van der Waals surface area contributed by atoms with Gasteiger partial charge >= 0.3 is 0 Å². The van der Waals surface area contributed by atoms with Gasteiger partial charge in [0.05, 0.1) is 6.61 Å². The van der Waals surface area contributed by atoms with Gasteiger partial charge < -0.3 is 15.9 Å². The molecule has 0 radical (unpaired) electrons. The largest absolute Gasteiger partial charge is 0.395 e. The topological polar surface area (TPSA) is 69.7 Å². The molecular formula is C7H18N2O2. The van der Waals surface area contributed by atoms with Crippen molar-refractivity contribution >= 4 is 0 Å². The van der Waals surface area contributed by atoms with Crippen molar-refractivity contribution in [1.29, 1.82) is 0 Å². The molecule has 1 atom stereocenters. The molecule has 0 spiro atoms. The number of aliphatic hydroxyl groups is 2. The molecule has 0 aliphatic heterocycles. The van der Waals surface area contributed by atoms with Gasteiger partial charge in [-0.3, -0.25) is 4.90 Å². The fraction of sp³-hybridized carbons (Fsp3) is 1.00. The van der Waals surface area contributed by atoms with Crippen LogP contribution in [0.5, 0.6) is 0 Å². The van der Waals surface area contributed by atoms with Gasteiger partial charge in [0.2, 0.25) is 0 Å². The van der Waals surface area contributed by atoms with Gasteiger partial charge in [0.15, 0.2) is 0 Å². The van der Waals surface area contributed by atoms with Gasteiger partial charge in [-0.2, -0.15) is 0 Å². The van der Waals surface area contributed by atoms with E-state index >= 15 is 0 Å². The first-order valence-corrected chi connectivity index (χ1v) is 3.95. The maximum Gasteiger partial charge on any atom is 0.104 e. The van der Waals surface area contributed by atoms with E-state index in [1.807, 2.05) is 0 Å². The second kappa shape index (κ2) is 6.54. The van der Waals surface area contributed by atoms with Crippen molar-refractivity contribution in [2.24, 2.45) is 5.73 Å². The molecule has 4 N–H and O–H groups in total. The SMILES string of the molecule is CC(O)N(CCO)CCCN. The Morgan fingerprint density at radius 3 is 2.45 bits per heavy atom. The van der Waals surface area contributed by atoms with E-state index in [0.717, 1.165) is 13.0 Å². The van der Waals surface area contributed by atoms with Gasteiger partial charge in [-0.25, -0.2) is 0 Å². The van der Waals surface area contributed by atoms with Crippen LogP contribution in [0.15, 0.2) is 0 Å². The second-order valence-corrected chi connectivity index (χ2v) is 2.53. The Morgan fingerprint density at radius 2 is 2.09 bits per heavy atom. The van der Waals surface area contributed by atoms with Crippen LogP contribution >= 0.6 is 0 Å². The summed E-state index contributed by atoms with van der Waals surface area (Å²) < 4.78 is 0. The van der Waals surface area contributed by atoms with E-state index in [4.69, 9.17) is 15.9 Å². The number of nitrogens with zero attached hydrogens (tertiary/aromatic N) is 1. The lowest BCUT2D eigenvalue weighted by Crippen LogP contribution is -2.36. The van der Waals surface area contributed by atoms with E-state index < -0.39 is 6.23 Å². The number of rotatable bonds is 6. The predicted molar refractivity (Wildman–Crippen MR) is 44.0 cm³/mol. The molecule has 0 aliphatic rings. The summed E-state index contributed by atoms with van der Waals surface area (Å²) in [6, 6.07) is 0. The second-order valence-electron chi connectivity index (χ2n) is 2.53. The van der Waals surface area contributed by atoms with Crippen LogP contribution in [0, 0.1) is 0 Å². The van der Waals surface area contributed by atoms with Crippen LogP contribution in [0.3, 0.4) is 0 Å². The van der Waals surface area contributed by atoms with Crippen LogP contribution in [0.1, 0.15) is 13.3 Å². The van der Waals surface area contributed by atoms with Gasteiger partial charge in [0.25, 0.3) is 0 Å². The molecule has 0 saturated heterocycles. The molecule has 11 heavy (non-hydrogen) atoms. The smallest absolute Gasteiger partial charge is 0.104 e. The van der Waals surface area contributed by atoms with Gasteiger partial charge in [0, 0.05) is 13.1 Å². The molecule has 0 bridgehead atoms. The lowest BCUT2D eigenvalue weighted by atomic mass is 10.3. The fourth-order valence-electron chi connectivity index (χ4n) is 0.908. The van der Waals surface area contributed by atoms with E-state index in [0.29, 0.717) is 13.1 Å². The lowest BCUT2D eigenvalue weighted by molar-refractivity contribution is 0.00824. The van der Waals surface area contributed by atoms with Crippen molar-refractivity contribution in [2.75, 3.05) is 26.2 Å². The van der Waals surface area contributed by atoms with Crippen molar-refractivity contribution in [3.8, 4) is 0 Å². The van der Waals surface area contributed by atoms with Crippen molar-refractivity contribution in [3.63, 3.8) is 0 Å². The summed E-state index contributed by atoms with van der Waals surface area (Å²) in [4.78, 5) is 1.78. The molecule has 0 aliphatic carbocycles. The molecular weight excluding hydrogens is 144 g/mol. The van der Waals surface area contributed by atoms with Crippen LogP contribution in [-0.4, -0.2) is 47.6 Å². The van der Waals surface area contributed by atoms with E-state index in [-0.39, 0.29) is 6.61 Å². The highest BCUT2D eigenvalue weighted by atomic mass is 16.3. The third-order valence-corrected chi connectivity index (χ3v) is 1.57. The standard InChI is InChI=1S/C7H18N2O2/c1-7(11)9(5-6-10)4-2-3-8/h7,10-11H,2-6,8H2,1H3. The van der Waals surface area contributed by atoms with Crippen LogP contribution in [0.4, 0.5) is 0 Å². The van der Waals surface area contributed by atoms with Crippen LogP contribution in [0.25, 0.3) is 0 Å². The molecule has 0 heterocycles. The van der Waals surface area contributed by atoms with Crippen molar-refractivity contribution in [3.05, 3.63) is 0 Å². The summed E-state index contributed by atoms with van der Waals surface area (Å²) in [7, 11) is 0. The summed E-state index contributed by atoms with van der Waals surface area (Å²) in [5, 5.41) is 17.7.